The SMILES string of the molecule is CC1=CC2CC(CC2=O)C1. The van der Waals surface area contributed by atoms with Gasteiger partial charge in [0.05, 0.1) is 0 Å². The van der Waals surface area contributed by atoms with Crippen LogP contribution in [0.3, 0.4) is 0 Å². The van der Waals surface area contributed by atoms with Crippen molar-refractivity contribution in [2.45, 2.75) is 26.2 Å². The second kappa shape index (κ2) is 1.94. The van der Waals surface area contributed by atoms with Crippen molar-refractivity contribution in [1.29, 1.82) is 0 Å². The Hall–Kier alpha value is -0.590. The van der Waals surface area contributed by atoms with Gasteiger partial charge in [0.1, 0.15) is 5.78 Å². The molecule has 0 aromatic rings. The number of allylic oxidation sites excluding steroid dienone is 2. The summed E-state index contributed by atoms with van der Waals surface area (Å²) >= 11 is 0. The first-order valence-corrected chi connectivity index (χ1v) is 3.95. The molecule has 0 aliphatic heterocycles. The minimum atomic E-state index is 0.304. The van der Waals surface area contributed by atoms with Gasteiger partial charge in [-0.2, -0.15) is 0 Å². The van der Waals surface area contributed by atoms with Crippen LogP contribution in [0.2, 0.25) is 0 Å². The monoisotopic (exact) mass is 136 g/mol. The van der Waals surface area contributed by atoms with Crippen molar-refractivity contribution in [1.82, 2.24) is 0 Å². The Morgan fingerprint density at radius 2 is 2.30 bits per heavy atom. The van der Waals surface area contributed by atoms with Gasteiger partial charge in [-0.1, -0.05) is 11.6 Å². The van der Waals surface area contributed by atoms with Crippen LogP contribution in [0.4, 0.5) is 0 Å². The van der Waals surface area contributed by atoms with Crippen LogP contribution in [0, 0.1) is 11.8 Å². The van der Waals surface area contributed by atoms with E-state index in [1.165, 1.54) is 12.0 Å². The topological polar surface area (TPSA) is 17.1 Å². The van der Waals surface area contributed by atoms with E-state index in [1.54, 1.807) is 0 Å². The predicted molar refractivity (Wildman–Crippen MR) is 39.6 cm³/mol. The molecule has 2 aliphatic carbocycles. The maximum atomic E-state index is 11.2. The van der Waals surface area contributed by atoms with Crippen molar-refractivity contribution in [2.24, 2.45) is 11.8 Å². The summed E-state index contributed by atoms with van der Waals surface area (Å²) in [5.41, 5.74) is 1.42. The fourth-order valence-corrected chi connectivity index (χ4v) is 2.19. The molecule has 0 N–H and O–H groups in total. The molecule has 2 bridgehead atoms. The standard InChI is InChI=1S/C9H12O/c1-6-2-7-4-8(3-6)9(10)5-7/h3,7-8H,2,4-5H2,1H3. The van der Waals surface area contributed by atoms with Gasteiger partial charge in [-0.05, 0) is 25.7 Å². The maximum Gasteiger partial charge on any atom is 0.140 e. The van der Waals surface area contributed by atoms with Crippen LogP contribution in [0.5, 0.6) is 0 Å². The van der Waals surface area contributed by atoms with Crippen molar-refractivity contribution in [3.63, 3.8) is 0 Å². The largest absolute Gasteiger partial charge is 0.299 e. The fraction of sp³-hybridized carbons (Fsp3) is 0.667. The number of carbonyl (C=O) groups is 1. The van der Waals surface area contributed by atoms with Gasteiger partial charge in [0, 0.05) is 12.3 Å². The molecule has 1 fully saturated rings. The Balaban J connectivity index is 2.29. The summed E-state index contributed by atoms with van der Waals surface area (Å²) in [6, 6.07) is 0. The fourth-order valence-electron chi connectivity index (χ4n) is 2.19. The first-order valence-electron chi connectivity index (χ1n) is 3.95. The van der Waals surface area contributed by atoms with E-state index in [0.29, 0.717) is 17.6 Å². The number of ketones is 1. The zero-order valence-electron chi connectivity index (χ0n) is 6.26. The molecule has 0 amide bonds. The van der Waals surface area contributed by atoms with Gasteiger partial charge in [-0.25, -0.2) is 0 Å². The summed E-state index contributed by atoms with van der Waals surface area (Å²) in [5.74, 6) is 1.48. The van der Waals surface area contributed by atoms with E-state index < -0.39 is 0 Å². The summed E-state index contributed by atoms with van der Waals surface area (Å²) < 4.78 is 0. The second-order valence-electron chi connectivity index (χ2n) is 3.60. The number of hydrogen-bond acceptors (Lipinski definition) is 1. The van der Waals surface area contributed by atoms with Gasteiger partial charge in [0.15, 0.2) is 0 Å². The summed E-state index contributed by atoms with van der Waals surface area (Å²) in [5, 5.41) is 0. The highest BCUT2D eigenvalue weighted by molar-refractivity contribution is 5.85. The van der Waals surface area contributed by atoms with Gasteiger partial charge >= 0.3 is 0 Å². The Kier molecular flexibility index (Phi) is 1.19. The van der Waals surface area contributed by atoms with Crippen LogP contribution in [-0.2, 0) is 4.79 Å². The molecule has 0 aromatic carbocycles. The summed E-state index contributed by atoms with van der Waals surface area (Å²) in [4.78, 5) is 11.2. The van der Waals surface area contributed by atoms with Crippen LogP contribution < -0.4 is 0 Å². The van der Waals surface area contributed by atoms with Crippen LogP contribution in [0.25, 0.3) is 0 Å². The van der Waals surface area contributed by atoms with Crippen molar-refractivity contribution >= 4 is 5.78 Å². The van der Waals surface area contributed by atoms with Gasteiger partial charge in [-0.15, -0.1) is 0 Å². The maximum absolute atomic E-state index is 11.2. The lowest BCUT2D eigenvalue weighted by atomic mass is 9.90. The van der Waals surface area contributed by atoms with E-state index in [2.05, 4.69) is 13.0 Å². The summed E-state index contributed by atoms with van der Waals surface area (Å²) in [7, 11) is 0. The van der Waals surface area contributed by atoms with Gasteiger partial charge in [-0.3, -0.25) is 4.79 Å². The number of rotatable bonds is 0. The normalized spacial score (nSPS) is 38.1. The zero-order chi connectivity index (χ0) is 7.14. The molecule has 1 heteroatoms. The van der Waals surface area contributed by atoms with E-state index in [-0.39, 0.29) is 0 Å². The lowest BCUT2D eigenvalue weighted by Gasteiger charge is -2.14. The highest BCUT2D eigenvalue weighted by atomic mass is 16.1. The van der Waals surface area contributed by atoms with Crippen molar-refractivity contribution in [3.05, 3.63) is 11.6 Å². The quantitative estimate of drug-likeness (QED) is 0.465. The average Bonchev–Trinajstić information content (AvgIpc) is 2.07. The lowest BCUT2D eigenvalue weighted by Crippen LogP contribution is -2.05. The molecular formula is C9H12O. The highest BCUT2D eigenvalue weighted by Gasteiger charge is 2.33. The Morgan fingerprint density at radius 3 is 3.00 bits per heavy atom. The van der Waals surface area contributed by atoms with Gasteiger partial charge in [0.2, 0.25) is 0 Å². The first-order chi connectivity index (χ1) is 4.75. The van der Waals surface area contributed by atoms with E-state index in [0.717, 1.165) is 12.8 Å². The van der Waals surface area contributed by atoms with E-state index in [4.69, 9.17) is 0 Å². The molecule has 0 heterocycles. The number of Topliss-reactive ketones (excluding diaryl/α,β-unsaturated/α-hetero) is 1. The Labute approximate surface area is 61.1 Å². The van der Waals surface area contributed by atoms with Crippen molar-refractivity contribution < 1.29 is 4.79 Å². The average molecular weight is 136 g/mol. The molecular weight excluding hydrogens is 124 g/mol. The smallest absolute Gasteiger partial charge is 0.140 e. The van der Waals surface area contributed by atoms with Crippen LogP contribution in [0.1, 0.15) is 26.2 Å². The molecule has 0 spiro atoms. The molecule has 0 radical (unpaired) electrons. The first kappa shape index (κ1) is 6.14. The number of fused-ring (bicyclic) bond motifs is 2. The predicted octanol–water partition coefficient (Wildman–Crippen LogP) is 1.93. The third kappa shape index (κ3) is 0.808. The summed E-state index contributed by atoms with van der Waals surface area (Å²) in [6.45, 7) is 2.14. The lowest BCUT2D eigenvalue weighted by molar-refractivity contribution is -0.119. The van der Waals surface area contributed by atoms with E-state index in [1.807, 2.05) is 0 Å². The van der Waals surface area contributed by atoms with E-state index >= 15 is 0 Å². The van der Waals surface area contributed by atoms with Crippen LogP contribution >= 0.6 is 0 Å². The molecule has 0 aromatic heterocycles. The van der Waals surface area contributed by atoms with Gasteiger partial charge < -0.3 is 0 Å². The molecule has 2 aliphatic rings. The Bertz CT molecular complexity index is 203. The third-order valence-corrected chi connectivity index (χ3v) is 2.59. The minimum absolute atomic E-state index is 0.304. The highest BCUT2D eigenvalue weighted by Crippen LogP contribution is 2.38. The number of carbonyl (C=O) groups excluding carboxylic acids is 1. The molecule has 54 valence electrons. The minimum Gasteiger partial charge on any atom is -0.299 e. The van der Waals surface area contributed by atoms with Gasteiger partial charge in [0.25, 0.3) is 0 Å². The van der Waals surface area contributed by atoms with E-state index in [9.17, 15) is 4.79 Å². The van der Waals surface area contributed by atoms with Crippen LogP contribution in [-0.4, -0.2) is 5.78 Å². The van der Waals surface area contributed by atoms with Crippen molar-refractivity contribution in [2.75, 3.05) is 0 Å². The zero-order valence-corrected chi connectivity index (χ0v) is 6.26. The number of hydrogen-bond donors (Lipinski definition) is 0. The molecule has 0 saturated heterocycles. The molecule has 2 rings (SSSR count). The summed E-state index contributed by atoms with van der Waals surface area (Å²) in [6.07, 6.45) is 5.31. The van der Waals surface area contributed by atoms with Crippen LogP contribution in [0.15, 0.2) is 11.6 Å². The second-order valence-corrected chi connectivity index (χ2v) is 3.60. The third-order valence-electron chi connectivity index (χ3n) is 2.59. The molecule has 10 heavy (non-hydrogen) atoms. The molecule has 1 nitrogen and oxygen atoms in total. The Morgan fingerprint density at radius 1 is 1.50 bits per heavy atom. The van der Waals surface area contributed by atoms with Crippen molar-refractivity contribution in [3.8, 4) is 0 Å². The molecule has 2 atom stereocenters. The molecule has 1 saturated carbocycles. The molecule has 2 unspecified atom stereocenters.